The van der Waals surface area contributed by atoms with Gasteiger partial charge < -0.3 is 9.66 Å². The van der Waals surface area contributed by atoms with Gasteiger partial charge in [-0.1, -0.05) is 18.2 Å². The molecule has 9 heteroatoms. The second-order valence-electron chi connectivity index (χ2n) is 6.62. The Labute approximate surface area is 199 Å². The van der Waals surface area contributed by atoms with Crippen molar-refractivity contribution in [2.75, 3.05) is 0 Å². The molecular weight excluding hydrogens is 604 g/mol. The Morgan fingerprint density at radius 1 is 1.03 bits per heavy atom. The van der Waals surface area contributed by atoms with Crippen LogP contribution in [0.3, 0.4) is 0 Å². The Bertz CT molecular complexity index is 1290. The molecule has 0 amide bonds. The molecule has 0 atom stereocenters. The molecule has 5 nitrogen and oxygen atoms in total. The van der Waals surface area contributed by atoms with Gasteiger partial charge in [-0.05, 0) is 114 Å². The molecule has 1 aliphatic carbocycles. The van der Waals surface area contributed by atoms with Crippen LogP contribution in [0.25, 0.3) is 5.57 Å². The summed E-state index contributed by atoms with van der Waals surface area (Å²) in [6.45, 7) is 3.49. The lowest BCUT2D eigenvalue weighted by molar-refractivity contribution is -0.110. The van der Waals surface area contributed by atoms with E-state index in [4.69, 9.17) is 0 Å². The summed E-state index contributed by atoms with van der Waals surface area (Å²) in [5.74, 6) is -0.224. The molecule has 0 heterocycles. The van der Waals surface area contributed by atoms with Crippen LogP contribution in [-0.4, -0.2) is 23.9 Å². The van der Waals surface area contributed by atoms with Gasteiger partial charge in [-0.15, -0.1) is 0 Å². The first-order chi connectivity index (χ1) is 13.9. The Morgan fingerprint density at radius 2 is 1.67 bits per heavy atom. The van der Waals surface area contributed by atoms with Crippen molar-refractivity contribution in [2.24, 2.45) is 0 Å². The monoisotopic (exact) mass is 615 g/mol. The number of rotatable bonds is 3. The summed E-state index contributed by atoms with van der Waals surface area (Å²) in [5.41, 5.74) is 3.04. The minimum atomic E-state index is -4.78. The van der Waals surface area contributed by atoms with E-state index < -0.39 is 10.1 Å². The molecule has 0 bridgehead atoms. The second kappa shape index (κ2) is 8.55. The average Bonchev–Trinajstić information content (AvgIpc) is 2.67. The number of phenolic OH excluding ortho intramolecular Hbond substituents is 1. The van der Waals surface area contributed by atoms with Crippen LogP contribution in [0.1, 0.15) is 23.6 Å². The van der Waals surface area contributed by atoms with Crippen LogP contribution >= 0.6 is 47.8 Å². The fourth-order valence-corrected chi connectivity index (χ4v) is 5.36. The number of aromatic hydroxyl groups is 1. The van der Waals surface area contributed by atoms with Gasteiger partial charge in [0.2, 0.25) is 0 Å². The molecule has 0 saturated carbocycles. The Hall–Kier alpha value is -1.52. The third-order valence-corrected chi connectivity index (χ3v) is 7.77. The number of ketones is 1. The van der Waals surface area contributed by atoms with E-state index in [1.165, 1.54) is 18.2 Å². The van der Waals surface area contributed by atoms with Crippen LogP contribution in [0.15, 0.2) is 72.0 Å². The highest BCUT2D eigenvalue weighted by Crippen LogP contribution is 2.44. The molecule has 2 aromatic carbocycles. The maximum absolute atomic E-state index is 12.1. The quantitative estimate of drug-likeness (QED) is 0.444. The van der Waals surface area contributed by atoms with Gasteiger partial charge in [0.15, 0.2) is 5.78 Å². The molecule has 30 heavy (non-hydrogen) atoms. The number of benzene rings is 2. The largest absolute Gasteiger partial charge is 0.744 e. The molecule has 3 rings (SSSR count). The van der Waals surface area contributed by atoms with Gasteiger partial charge in [0, 0.05) is 5.56 Å². The van der Waals surface area contributed by atoms with Crippen molar-refractivity contribution in [3.05, 3.63) is 83.7 Å². The Kier molecular flexibility index (Phi) is 6.60. The van der Waals surface area contributed by atoms with Crippen molar-refractivity contribution < 1.29 is 22.9 Å². The van der Waals surface area contributed by atoms with Crippen molar-refractivity contribution >= 4 is 69.3 Å². The molecule has 0 aliphatic heterocycles. The van der Waals surface area contributed by atoms with Gasteiger partial charge in [-0.3, -0.25) is 4.79 Å². The van der Waals surface area contributed by atoms with Crippen LogP contribution in [-0.2, 0) is 14.9 Å². The topological polar surface area (TPSA) is 94.5 Å². The zero-order valence-corrected chi connectivity index (χ0v) is 21.2. The Balaban J connectivity index is 2.55. The molecule has 1 aliphatic rings. The van der Waals surface area contributed by atoms with E-state index >= 15 is 0 Å². The van der Waals surface area contributed by atoms with Crippen molar-refractivity contribution in [1.29, 1.82) is 0 Å². The van der Waals surface area contributed by atoms with Crippen molar-refractivity contribution in [2.45, 2.75) is 18.7 Å². The third kappa shape index (κ3) is 4.27. The number of phenols is 1. The van der Waals surface area contributed by atoms with E-state index in [1.807, 2.05) is 0 Å². The summed E-state index contributed by atoms with van der Waals surface area (Å²) < 4.78 is 37.1. The average molecular weight is 618 g/mol. The van der Waals surface area contributed by atoms with Crippen molar-refractivity contribution in [3.8, 4) is 5.75 Å². The van der Waals surface area contributed by atoms with E-state index in [0.29, 0.717) is 41.3 Å². The predicted molar refractivity (Wildman–Crippen MR) is 124 cm³/mol. The van der Waals surface area contributed by atoms with E-state index in [1.54, 1.807) is 38.1 Å². The first-order valence-electron chi connectivity index (χ1n) is 8.51. The molecule has 0 saturated heterocycles. The highest BCUT2D eigenvalue weighted by molar-refractivity contribution is 9.12. The molecular formula is C21H14Br3O5S-. The zero-order valence-electron chi connectivity index (χ0n) is 15.7. The van der Waals surface area contributed by atoms with Gasteiger partial charge in [0.25, 0.3) is 0 Å². The fourth-order valence-electron chi connectivity index (χ4n) is 3.21. The minimum absolute atomic E-state index is 0.00635. The summed E-state index contributed by atoms with van der Waals surface area (Å²) >= 11 is 9.93. The summed E-state index contributed by atoms with van der Waals surface area (Å²) in [4.78, 5) is 11.7. The number of hydrogen-bond acceptors (Lipinski definition) is 5. The minimum Gasteiger partial charge on any atom is -0.744 e. The smallest absolute Gasteiger partial charge is 0.193 e. The second-order valence-corrected chi connectivity index (χ2v) is 10.5. The lowest BCUT2D eigenvalue weighted by Crippen LogP contribution is -2.09. The highest BCUT2D eigenvalue weighted by atomic mass is 79.9. The molecule has 0 unspecified atom stereocenters. The number of allylic oxidation sites excluding steroid dienone is 5. The van der Waals surface area contributed by atoms with Gasteiger partial charge >= 0.3 is 0 Å². The Morgan fingerprint density at radius 3 is 2.30 bits per heavy atom. The fraction of sp³-hybridized carbons (Fsp3) is 0.0952. The standard InChI is InChI=1S/C21H15Br3O5S/c1-10-7-17(25)15(22)8-13(10)19(12-5-3-4-6-18(12)30(27,28)29)14-9-16(23)21(26)20(24)11(14)2/h3-9,26H,1-2H3,(H,27,28,29)/p-1/b19-13+. The summed E-state index contributed by atoms with van der Waals surface area (Å²) in [6, 6.07) is 7.56. The molecule has 0 fully saturated rings. The lowest BCUT2D eigenvalue weighted by atomic mass is 9.85. The van der Waals surface area contributed by atoms with E-state index in [9.17, 15) is 22.9 Å². The highest BCUT2D eigenvalue weighted by Gasteiger charge is 2.24. The maximum Gasteiger partial charge on any atom is 0.193 e. The molecule has 0 aromatic heterocycles. The summed E-state index contributed by atoms with van der Waals surface area (Å²) in [5, 5.41) is 10.3. The number of carbonyl (C=O) groups is 1. The normalized spacial score (nSPS) is 16.3. The van der Waals surface area contributed by atoms with Crippen LogP contribution in [0.5, 0.6) is 5.75 Å². The van der Waals surface area contributed by atoms with Crippen molar-refractivity contribution in [3.63, 3.8) is 0 Å². The van der Waals surface area contributed by atoms with E-state index in [0.717, 1.165) is 0 Å². The molecule has 0 spiro atoms. The van der Waals surface area contributed by atoms with Crippen LogP contribution < -0.4 is 0 Å². The van der Waals surface area contributed by atoms with E-state index in [-0.39, 0.29) is 22.0 Å². The van der Waals surface area contributed by atoms with E-state index in [2.05, 4.69) is 47.8 Å². The molecule has 156 valence electrons. The maximum atomic E-state index is 12.1. The summed E-state index contributed by atoms with van der Waals surface area (Å²) in [7, 11) is -4.78. The zero-order chi connectivity index (χ0) is 22.4. The van der Waals surface area contributed by atoms with Gasteiger partial charge in [0.1, 0.15) is 15.9 Å². The van der Waals surface area contributed by atoms with Gasteiger partial charge in [0.05, 0.1) is 18.3 Å². The molecule has 2 aromatic rings. The number of carbonyl (C=O) groups excluding carboxylic acids is 1. The number of hydrogen-bond donors (Lipinski definition) is 1. The predicted octanol–water partition coefficient (Wildman–Crippen LogP) is 5.74. The third-order valence-electron chi connectivity index (χ3n) is 4.68. The SMILES string of the molecule is CC1=CC(=O)C(Br)=C/C1=C(/c1ccccc1S(=O)(=O)[O-])c1cc(Br)c(O)c(Br)c1C. The van der Waals surface area contributed by atoms with Crippen LogP contribution in [0, 0.1) is 6.92 Å². The summed E-state index contributed by atoms with van der Waals surface area (Å²) in [6.07, 6.45) is 3.04. The van der Waals surface area contributed by atoms with Crippen LogP contribution in [0.4, 0.5) is 0 Å². The first kappa shape index (κ1) is 23.1. The van der Waals surface area contributed by atoms with Gasteiger partial charge in [-0.2, -0.15) is 0 Å². The number of halogens is 3. The lowest BCUT2D eigenvalue weighted by Gasteiger charge is -2.23. The van der Waals surface area contributed by atoms with Gasteiger partial charge in [-0.25, -0.2) is 8.42 Å². The van der Waals surface area contributed by atoms with Crippen molar-refractivity contribution in [1.82, 2.24) is 0 Å². The molecule has 0 radical (unpaired) electrons. The molecule has 1 N–H and O–H groups in total. The van der Waals surface area contributed by atoms with Crippen LogP contribution in [0.2, 0.25) is 0 Å². The first-order valence-corrected chi connectivity index (χ1v) is 12.3.